The molecule has 0 aromatic carbocycles. The van der Waals surface area contributed by atoms with E-state index in [4.69, 9.17) is 9.47 Å². The lowest BCUT2D eigenvalue weighted by atomic mass is 9.44. The number of ether oxygens (including phenoxy) is 2. The number of hydrogen-bond donors (Lipinski definition) is 0. The van der Waals surface area contributed by atoms with Crippen LogP contribution in [0.5, 0.6) is 0 Å². The molecule has 0 bridgehead atoms. The maximum Gasteiger partial charge on any atom is 0.191 e. The van der Waals surface area contributed by atoms with E-state index in [0.29, 0.717) is 28.8 Å². The van der Waals surface area contributed by atoms with E-state index in [9.17, 15) is 0 Å². The Kier molecular flexibility index (Phi) is 4.23. The van der Waals surface area contributed by atoms with Crippen LogP contribution in [0.15, 0.2) is 12.2 Å². The van der Waals surface area contributed by atoms with Crippen molar-refractivity contribution in [3.8, 4) is 0 Å². The van der Waals surface area contributed by atoms with Gasteiger partial charge in [-0.25, -0.2) is 0 Å². The molecule has 1 spiro atoms. The van der Waals surface area contributed by atoms with Gasteiger partial charge < -0.3 is 9.47 Å². The Balaban J connectivity index is 1.28. The van der Waals surface area contributed by atoms with Gasteiger partial charge in [0.2, 0.25) is 0 Å². The van der Waals surface area contributed by atoms with Gasteiger partial charge in [0.15, 0.2) is 5.79 Å². The van der Waals surface area contributed by atoms with E-state index >= 15 is 0 Å². The van der Waals surface area contributed by atoms with Gasteiger partial charge in [-0.1, -0.05) is 40.2 Å². The SMILES string of the molecule is C=C1[C@H]2[C@H](C[C@H]3[C@@H]4CC[C@H]5CCCC[C@]5(C)[C@H]4CC[C@@]32C)O[C@]12CC[C@@H](C)CO2. The molecule has 4 aliphatic carbocycles. The van der Waals surface area contributed by atoms with Crippen LogP contribution >= 0.6 is 0 Å². The molecule has 0 N–H and O–H groups in total. The summed E-state index contributed by atoms with van der Waals surface area (Å²) in [7, 11) is 0. The van der Waals surface area contributed by atoms with Gasteiger partial charge in [-0.3, -0.25) is 0 Å². The fraction of sp³-hybridized carbons (Fsp3) is 0.926. The Hall–Kier alpha value is -0.340. The molecule has 6 aliphatic rings. The second kappa shape index (κ2) is 6.35. The normalized spacial score (nSPS) is 59.1. The standard InChI is InChI=1S/C27H42O2/c1-17-10-14-27(28-16-17)18(2)24-23(29-27)15-22-20-9-8-19-7-5-6-12-25(19,3)21(20)11-13-26(22,24)4/h17,19-24H,2,5-16H2,1,3-4H3/t17-,19-,20-,21+,22+,23+,24+,25+,26+,27-/m1/s1. The van der Waals surface area contributed by atoms with Crippen LogP contribution in [0.4, 0.5) is 0 Å². The largest absolute Gasteiger partial charge is 0.346 e. The minimum Gasteiger partial charge on any atom is -0.346 e. The molecule has 0 radical (unpaired) electrons. The first-order valence-electron chi connectivity index (χ1n) is 12.9. The van der Waals surface area contributed by atoms with E-state index in [2.05, 4.69) is 27.4 Å². The Morgan fingerprint density at radius 1 is 0.897 bits per heavy atom. The van der Waals surface area contributed by atoms with E-state index in [1.165, 1.54) is 69.8 Å². The summed E-state index contributed by atoms with van der Waals surface area (Å²) in [6, 6.07) is 0. The monoisotopic (exact) mass is 398 g/mol. The zero-order chi connectivity index (χ0) is 20.0. The molecule has 2 heteroatoms. The van der Waals surface area contributed by atoms with Gasteiger partial charge >= 0.3 is 0 Å². The van der Waals surface area contributed by atoms with Crippen LogP contribution in [0.2, 0.25) is 0 Å². The molecule has 0 amide bonds. The third-order valence-corrected chi connectivity index (χ3v) is 11.4. The Bertz CT molecular complexity index is 691. The Morgan fingerprint density at radius 2 is 1.76 bits per heavy atom. The highest BCUT2D eigenvalue weighted by atomic mass is 16.7. The molecule has 4 saturated carbocycles. The quantitative estimate of drug-likeness (QED) is 0.420. The topological polar surface area (TPSA) is 18.5 Å². The highest BCUT2D eigenvalue weighted by molar-refractivity contribution is 5.28. The van der Waals surface area contributed by atoms with Crippen LogP contribution < -0.4 is 0 Å². The summed E-state index contributed by atoms with van der Waals surface area (Å²) in [6.07, 6.45) is 15.6. The summed E-state index contributed by atoms with van der Waals surface area (Å²) in [6.45, 7) is 13.1. The molecule has 2 heterocycles. The number of fused-ring (bicyclic) bond motifs is 7. The van der Waals surface area contributed by atoms with Gasteiger partial charge in [-0.15, -0.1) is 0 Å². The van der Waals surface area contributed by atoms with Gasteiger partial charge in [0.25, 0.3) is 0 Å². The van der Waals surface area contributed by atoms with Crippen molar-refractivity contribution >= 4 is 0 Å². The summed E-state index contributed by atoms with van der Waals surface area (Å²) in [5.41, 5.74) is 2.33. The molecule has 0 aromatic heterocycles. The van der Waals surface area contributed by atoms with Crippen molar-refractivity contribution < 1.29 is 9.47 Å². The van der Waals surface area contributed by atoms with Crippen LogP contribution in [0, 0.1) is 46.3 Å². The fourth-order valence-electron chi connectivity index (χ4n) is 9.79. The van der Waals surface area contributed by atoms with Crippen molar-refractivity contribution in [2.75, 3.05) is 6.61 Å². The summed E-state index contributed by atoms with van der Waals surface area (Å²) in [5.74, 6) is 4.48. The minimum atomic E-state index is -0.445. The predicted molar refractivity (Wildman–Crippen MR) is 116 cm³/mol. The molecule has 10 atom stereocenters. The first-order chi connectivity index (χ1) is 13.9. The van der Waals surface area contributed by atoms with Crippen molar-refractivity contribution in [3.63, 3.8) is 0 Å². The molecule has 2 saturated heterocycles. The average molecular weight is 399 g/mol. The van der Waals surface area contributed by atoms with Crippen molar-refractivity contribution in [1.82, 2.24) is 0 Å². The smallest absolute Gasteiger partial charge is 0.191 e. The molecular formula is C27H42O2. The Morgan fingerprint density at radius 3 is 2.55 bits per heavy atom. The van der Waals surface area contributed by atoms with Crippen LogP contribution in [0.1, 0.15) is 91.4 Å². The molecule has 6 fully saturated rings. The summed E-state index contributed by atoms with van der Waals surface area (Å²) >= 11 is 0. The first kappa shape index (κ1) is 19.4. The lowest BCUT2D eigenvalue weighted by Gasteiger charge is -2.60. The zero-order valence-corrected chi connectivity index (χ0v) is 19.1. The van der Waals surface area contributed by atoms with Crippen LogP contribution in [-0.4, -0.2) is 18.5 Å². The summed E-state index contributed by atoms with van der Waals surface area (Å²) in [5, 5.41) is 0. The second-order valence-electron chi connectivity index (χ2n) is 12.5. The van der Waals surface area contributed by atoms with E-state index in [1.54, 1.807) is 0 Å². The molecular weight excluding hydrogens is 356 g/mol. The van der Waals surface area contributed by atoms with Crippen molar-refractivity contribution in [2.24, 2.45) is 46.3 Å². The molecule has 162 valence electrons. The fourth-order valence-corrected chi connectivity index (χ4v) is 9.79. The molecule has 2 aliphatic heterocycles. The van der Waals surface area contributed by atoms with Crippen LogP contribution in [-0.2, 0) is 9.47 Å². The molecule has 2 nitrogen and oxygen atoms in total. The highest BCUT2D eigenvalue weighted by Crippen LogP contribution is 2.71. The van der Waals surface area contributed by atoms with E-state index in [-0.39, 0.29) is 0 Å². The maximum atomic E-state index is 6.82. The van der Waals surface area contributed by atoms with E-state index in [1.807, 2.05) is 0 Å². The second-order valence-corrected chi connectivity index (χ2v) is 12.5. The zero-order valence-electron chi connectivity index (χ0n) is 19.1. The van der Waals surface area contributed by atoms with Gasteiger partial charge in [-0.05, 0) is 97.4 Å². The van der Waals surface area contributed by atoms with Gasteiger partial charge in [0.1, 0.15) is 0 Å². The van der Waals surface area contributed by atoms with E-state index in [0.717, 1.165) is 36.7 Å². The van der Waals surface area contributed by atoms with E-state index < -0.39 is 5.79 Å². The first-order valence-corrected chi connectivity index (χ1v) is 12.9. The molecule has 6 rings (SSSR count). The van der Waals surface area contributed by atoms with Gasteiger partial charge in [0.05, 0.1) is 12.7 Å². The highest BCUT2D eigenvalue weighted by Gasteiger charge is 2.67. The Labute approximate surface area is 178 Å². The van der Waals surface area contributed by atoms with Crippen molar-refractivity contribution in [1.29, 1.82) is 0 Å². The minimum absolute atomic E-state index is 0.363. The summed E-state index contributed by atoms with van der Waals surface area (Å²) in [4.78, 5) is 0. The predicted octanol–water partition coefficient (Wildman–Crippen LogP) is 6.74. The lowest BCUT2D eigenvalue weighted by Crippen LogP contribution is -2.53. The summed E-state index contributed by atoms with van der Waals surface area (Å²) < 4.78 is 13.2. The molecule has 29 heavy (non-hydrogen) atoms. The van der Waals surface area contributed by atoms with Crippen LogP contribution in [0.25, 0.3) is 0 Å². The van der Waals surface area contributed by atoms with Gasteiger partial charge in [0, 0.05) is 12.3 Å². The average Bonchev–Trinajstić information content (AvgIpc) is 3.15. The van der Waals surface area contributed by atoms with Crippen molar-refractivity contribution in [3.05, 3.63) is 12.2 Å². The maximum absolute atomic E-state index is 6.82. The van der Waals surface area contributed by atoms with Crippen LogP contribution in [0.3, 0.4) is 0 Å². The lowest BCUT2D eigenvalue weighted by molar-refractivity contribution is -0.237. The van der Waals surface area contributed by atoms with Gasteiger partial charge in [-0.2, -0.15) is 0 Å². The number of hydrogen-bond acceptors (Lipinski definition) is 2. The third-order valence-electron chi connectivity index (χ3n) is 11.4. The van der Waals surface area contributed by atoms with Crippen molar-refractivity contribution in [2.45, 2.75) is 103 Å². The number of rotatable bonds is 0. The third kappa shape index (κ3) is 2.48. The molecule has 0 unspecified atom stereocenters. The molecule has 0 aromatic rings.